The molecule has 4 N–H and O–H groups in total. The van der Waals surface area contributed by atoms with Crippen LogP contribution in [0.25, 0.3) is 5.70 Å². The van der Waals surface area contributed by atoms with Crippen LogP contribution >= 0.6 is 0 Å². The molecule has 110 valence electrons. The van der Waals surface area contributed by atoms with Crippen LogP contribution in [0.3, 0.4) is 0 Å². The molecule has 0 bridgehead atoms. The van der Waals surface area contributed by atoms with E-state index in [1.54, 1.807) is 6.20 Å². The van der Waals surface area contributed by atoms with Gasteiger partial charge < -0.3 is 20.9 Å². The minimum atomic E-state index is 0.834. The number of nitrogen functional groups attached to an aromatic ring is 1. The first-order valence-corrected chi connectivity index (χ1v) is 7.23. The number of likely N-dealkylation sites (tertiary alicyclic amines) is 1. The van der Waals surface area contributed by atoms with Crippen molar-refractivity contribution in [3.63, 3.8) is 0 Å². The molecule has 0 aromatic carbocycles. The summed E-state index contributed by atoms with van der Waals surface area (Å²) in [6.07, 6.45) is 4.93. The minimum Gasteiger partial charge on any atom is -0.403 e. The largest absolute Gasteiger partial charge is 0.403 e. The summed E-state index contributed by atoms with van der Waals surface area (Å²) < 4.78 is 2.04. The van der Waals surface area contributed by atoms with Crippen molar-refractivity contribution in [3.8, 4) is 0 Å². The summed E-state index contributed by atoms with van der Waals surface area (Å²) >= 11 is 0. The van der Waals surface area contributed by atoms with E-state index >= 15 is 0 Å². The van der Waals surface area contributed by atoms with Gasteiger partial charge in [-0.25, -0.2) is 0 Å². The second-order valence-electron chi connectivity index (χ2n) is 4.08. The van der Waals surface area contributed by atoms with Crippen molar-refractivity contribution >= 4 is 11.4 Å². The number of hydrogen-bond acceptors (Lipinski definition) is 3. The Balaban J connectivity index is 0.000000741. The van der Waals surface area contributed by atoms with E-state index in [0.29, 0.717) is 0 Å². The number of hydrogen-bond donors (Lipinski definition) is 2. The molecule has 2 rings (SSSR count). The zero-order valence-electron chi connectivity index (χ0n) is 13.3. The normalized spacial score (nSPS) is 13.8. The summed E-state index contributed by atoms with van der Waals surface area (Å²) in [5, 5.41) is 0. The highest BCUT2D eigenvalue weighted by Gasteiger charge is 2.22. The average Bonchev–Trinajstić information content (AvgIpc) is 2.63. The van der Waals surface area contributed by atoms with Crippen LogP contribution in [0.1, 0.15) is 45.4 Å². The molecule has 19 heavy (non-hydrogen) atoms. The minimum absolute atomic E-state index is 0.834. The van der Waals surface area contributed by atoms with Crippen LogP contribution in [-0.4, -0.2) is 22.6 Å². The van der Waals surface area contributed by atoms with E-state index in [2.05, 4.69) is 4.90 Å². The maximum atomic E-state index is 6.05. The number of nitrogens with two attached hydrogens (primary N) is 2. The molecule has 0 aliphatic carbocycles. The van der Waals surface area contributed by atoms with E-state index in [1.165, 1.54) is 6.42 Å². The molecule has 1 aromatic heterocycles. The van der Waals surface area contributed by atoms with Gasteiger partial charge in [-0.3, -0.25) is 0 Å². The summed E-state index contributed by atoms with van der Waals surface area (Å²) in [4.78, 5) is 2.26. The number of aryl methyl sites for hydroxylation is 2. The van der Waals surface area contributed by atoms with Crippen LogP contribution in [0.15, 0.2) is 12.4 Å². The molecule has 1 aliphatic rings. The summed E-state index contributed by atoms with van der Waals surface area (Å²) in [7, 11) is 2.00. The Morgan fingerprint density at radius 1 is 1.21 bits per heavy atom. The predicted molar refractivity (Wildman–Crippen MR) is 85.6 cm³/mol. The maximum absolute atomic E-state index is 6.05. The Hall–Kier alpha value is -1.58. The molecule has 0 amide bonds. The standard InChI is InChI=1S/C11H18N4.2C2H6/c1-8-7-14(2)11(10(8)13)9(6-12)15-4-3-5-15;2*1-2/h6-7H,3-5,12-13H2,1-2H3;2*1-2H3/b9-6+;;. The molecule has 0 spiro atoms. The van der Waals surface area contributed by atoms with Gasteiger partial charge in [-0.2, -0.15) is 0 Å². The van der Waals surface area contributed by atoms with E-state index in [1.807, 2.05) is 52.4 Å². The highest BCUT2D eigenvalue weighted by molar-refractivity contribution is 5.74. The van der Waals surface area contributed by atoms with Gasteiger partial charge >= 0.3 is 0 Å². The zero-order valence-corrected chi connectivity index (χ0v) is 13.3. The van der Waals surface area contributed by atoms with E-state index in [-0.39, 0.29) is 0 Å². The molecule has 0 atom stereocenters. The molecular formula is C15H30N4. The van der Waals surface area contributed by atoms with Crippen LogP contribution < -0.4 is 11.5 Å². The van der Waals surface area contributed by atoms with E-state index in [0.717, 1.165) is 35.7 Å². The van der Waals surface area contributed by atoms with Crippen molar-refractivity contribution in [2.45, 2.75) is 41.0 Å². The van der Waals surface area contributed by atoms with E-state index in [9.17, 15) is 0 Å². The maximum Gasteiger partial charge on any atom is 0.0893 e. The number of aromatic nitrogens is 1. The van der Waals surface area contributed by atoms with Crippen molar-refractivity contribution < 1.29 is 0 Å². The number of nitrogens with zero attached hydrogens (tertiary/aromatic N) is 2. The van der Waals surface area contributed by atoms with Crippen LogP contribution in [0.2, 0.25) is 0 Å². The van der Waals surface area contributed by atoms with Gasteiger partial charge in [0.15, 0.2) is 0 Å². The fourth-order valence-electron chi connectivity index (χ4n) is 2.01. The summed E-state index contributed by atoms with van der Waals surface area (Å²) in [6, 6.07) is 0. The van der Waals surface area contributed by atoms with E-state index in [4.69, 9.17) is 11.5 Å². The quantitative estimate of drug-likeness (QED) is 0.865. The van der Waals surface area contributed by atoms with Gasteiger partial charge in [-0.05, 0) is 18.9 Å². The second kappa shape index (κ2) is 8.51. The molecule has 4 nitrogen and oxygen atoms in total. The molecule has 0 unspecified atom stereocenters. The molecule has 1 saturated heterocycles. The second-order valence-corrected chi connectivity index (χ2v) is 4.08. The molecule has 2 heterocycles. The highest BCUT2D eigenvalue weighted by Crippen LogP contribution is 2.30. The molecular weight excluding hydrogens is 236 g/mol. The van der Waals surface area contributed by atoms with Gasteiger partial charge in [0, 0.05) is 32.5 Å². The van der Waals surface area contributed by atoms with Crippen LogP contribution in [-0.2, 0) is 7.05 Å². The summed E-state index contributed by atoms with van der Waals surface area (Å²) in [5.74, 6) is 0. The van der Waals surface area contributed by atoms with Gasteiger partial charge in [0.2, 0.25) is 0 Å². The third kappa shape index (κ3) is 3.69. The van der Waals surface area contributed by atoms with Crippen LogP contribution in [0, 0.1) is 6.92 Å². The molecule has 1 aliphatic heterocycles. The van der Waals surface area contributed by atoms with Gasteiger partial charge in [0.25, 0.3) is 0 Å². The van der Waals surface area contributed by atoms with Crippen molar-refractivity contribution in [1.29, 1.82) is 0 Å². The topological polar surface area (TPSA) is 60.2 Å². The Kier molecular flexibility index (Phi) is 7.80. The Labute approximate surface area is 118 Å². The Morgan fingerprint density at radius 2 is 1.74 bits per heavy atom. The fraction of sp³-hybridized carbons (Fsp3) is 0.600. The molecule has 0 saturated carbocycles. The van der Waals surface area contributed by atoms with Crippen molar-refractivity contribution in [3.05, 3.63) is 23.7 Å². The van der Waals surface area contributed by atoms with Crippen molar-refractivity contribution in [1.82, 2.24) is 9.47 Å². The third-order valence-corrected chi connectivity index (χ3v) is 3.02. The summed E-state index contributed by atoms with van der Waals surface area (Å²) in [5.41, 5.74) is 15.8. The molecule has 4 heteroatoms. The lowest BCUT2D eigenvalue weighted by Gasteiger charge is -2.35. The highest BCUT2D eigenvalue weighted by atomic mass is 15.2. The predicted octanol–water partition coefficient (Wildman–Crippen LogP) is 2.93. The monoisotopic (exact) mass is 266 g/mol. The third-order valence-electron chi connectivity index (χ3n) is 3.02. The lowest BCUT2D eigenvalue weighted by Crippen LogP contribution is -2.36. The van der Waals surface area contributed by atoms with E-state index < -0.39 is 0 Å². The molecule has 1 aromatic rings. The Morgan fingerprint density at radius 3 is 2.00 bits per heavy atom. The van der Waals surface area contributed by atoms with Gasteiger partial charge in [-0.1, -0.05) is 27.7 Å². The first kappa shape index (κ1) is 17.4. The Bertz CT molecular complexity index is 401. The zero-order chi connectivity index (χ0) is 15.0. The first-order valence-electron chi connectivity index (χ1n) is 7.23. The van der Waals surface area contributed by atoms with Crippen LogP contribution in [0.4, 0.5) is 5.69 Å². The average molecular weight is 266 g/mol. The van der Waals surface area contributed by atoms with Gasteiger partial charge in [0.05, 0.1) is 17.1 Å². The lowest BCUT2D eigenvalue weighted by atomic mass is 10.1. The smallest absolute Gasteiger partial charge is 0.0893 e. The van der Waals surface area contributed by atoms with Gasteiger partial charge in [0.1, 0.15) is 0 Å². The number of rotatable bonds is 2. The SMILES string of the molecule is CC.CC.Cc1cn(C)c(/C(=C\N)N2CCC2)c1N. The van der Waals surface area contributed by atoms with Crippen LogP contribution in [0.5, 0.6) is 0 Å². The number of anilines is 1. The van der Waals surface area contributed by atoms with Gasteiger partial charge in [-0.15, -0.1) is 0 Å². The fourth-order valence-corrected chi connectivity index (χ4v) is 2.01. The van der Waals surface area contributed by atoms with Crippen molar-refractivity contribution in [2.24, 2.45) is 12.8 Å². The first-order chi connectivity index (χ1) is 9.15. The summed E-state index contributed by atoms with van der Waals surface area (Å²) in [6.45, 7) is 12.2. The lowest BCUT2D eigenvalue weighted by molar-refractivity contribution is 0.280. The van der Waals surface area contributed by atoms with Crippen molar-refractivity contribution in [2.75, 3.05) is 18.8 Å². The molecule has 1 fully saturated rings. The molecule has 0 radical (unpaired) electrons.